The second-order valence-electron chi connectivity index (χ2n) is 5.66. The third kappa shape index (κ3) is 3.81. The monoisotopic (exact) mass is 402 g/mol. The lowest BCUT2D eigenvalue weighted by atomic mass is 10.4. The molecule has 0 bridgehead atoms. The highest BCUT2D eigenvalue weighted by atomic mass is 32.2. The zero-order valence-corrected chi connectivity index (χ0v) is 15.8. The lowest BCUT2D eigenvalue weighted by Crippen LogP contribution is -2.24. The van der Waals surface area contributed by atoms with Crippen LogP contribution in [-0.2, 0) is 11.3 Å². The van der Waals surface area contributed by atoms with Gasteiger partial charge in [0.05, 0.1) is 24.1 Å². The summed E-state index contributed by atoms with van der Waals surface area (Å²) in [5.74, 6) is 1.41. The van der Waals surface area contributed by atoms with Crippen molar-refractivity contribution >= 4 is 45.0 Å². The van der Waals surface area contributed by atoms with E-state index in [1.165, 1.54) is 27.7 Å². The van der Waals surface area contributed by atoms with E-state index in [4.69, 9.17) is 8.94 Å². The van der Waals surface area contributed by atoms with Gasteiger partial charge in [-0.1, -0.05) is 16.9 Å². The Morgan fingerprint density at radius 2 is 2.30 bits per heavy atom. The van der Waals surface area contributed by atoms with Gasteiger partial charge in [0.15, 0.2) is 11.0 Å². The maximum atomic E-state index is 12.8. The number of nitrogens with one attached hydrogen (secondary N) is 1. The Bertz CT molecular complexity index is 1140. The molecule has 0 fully saturated rings. The largest absolute Gasteiger partial charge is 0.467 e. The molecule has 10 heteroatoms. The van der Waals surface area contributed by atoms with Crippen molar-refractivity contribution in [3.05, 3.63) is 57.8 Å². The maximum Gasteiger partial charge on any atom is 0.272 e. The smallest absolute Gasteiger partial charge is 0.272 e. The van der Waals surface area contributed by atoms with Crippen molar-refractivity contribution in [1.29, 1.82) is 0 Å². The van der Waals surface area contributed by atoms with E-state index in [1.807, 2.05) is 5.38 Å². The predicted octanol–water partition coefficient (Wildman–Crippen LogP) is 3.13. The van der Waals surface area contributed by atoms with E-state index in [2.05, 4.69) is 15.5 Å². The van der Waals surface area contributed by atoms with Gasteiger partial charge in [0.25, 0.3) is 5.56 Å². The van der Waals surface area contributed by atoms with Crippen LogP contribution in [0.2, 0.25) is 0 Å². The van der Waals surface area contributed by atoms with E-state index in [9.17, 15) is 9.59 Å². The van der Waals surface area contributed by atoms with Crippen LogP contribution in [0, 0.1) is 6.92 Å². The topological polar surface area (TPSA) is 103 Å². The summed E-state index contributed by atoms with van der Waals surface area (Å²) in [5, 5.41) is 8.65. The first-order valence-electron chi connectivity index (χ1n) is 7.96. The van der Waals surface area contributed by atoms with Crippen LogP contribution in [0.3, 0.4) is 0 Å². The van der Waals surface area contributed by atoms with Gasteiger partial charge >= 0.3 is 0 Å². The van der Waals surface area contributed by atoms with Crippen LogP contribution in [0.5, 0.6) is 0 Å². The SMILES string of the molecule is Cc1cc(NC(=O)CSc2nc3ccsc3c(=O)n2Cc2ccco2)no1. The van der Waals surface area contributed by atoms with Crippen LogP contribution in [-0.4, -0.2) is 26.4 Å². The number of carbonyl (C=O) groups is 1. The molecule has 27 heavy (non-hydrogen) atoms. The molecule has 8 nitrogen and oxygen atoms in total. The van der Waals surface area contributed by atoms with Crippen LogP contribution in [0.1, 0.15) is 11.5 Å². The number of carbonyl (C=O) groups excluding carboxylic acids is 1. The third-order valence-electron chi connectivity index (χ3n) is 3.65. The number of rotatable bonds is 6. The third-order valence-corrected chi connectivity index (χ3v) is 5.52. The minimum atomic E-state index is -0.266. The number of amides is 1. The fraction of sp³-hybridized carbons (Fsp3) is 0.176. The Hall–Kier alpha value is -2.85. The fourth-order valence-electron chi connectivity index (χ4n) is 2.47. The van der Waals surface area contributed by atoms with Gasteiger partial charge in [0.2, 0.25) is 5.91 Å². The summed E-state index contributed by atoms with van der Waals surface area (Å²) in [6.07, 6.45) is 1.55. The van der Waals surface area contributed by atoms with Crippen LogP contribution in [0.4, 0.5) is 5.82 Å². The molecule has 1 amide bonds. The highest BCUT2D eigenvalue weighted by Crippen LogP contribution is 2.22. The molecule has 0 saturated heterocycles. The van der Waals surface area contributed by atoms with Gasteiger partial charge in [-0.15, -0.1) is 11.3 Å². The van der Waals surface area contributed by atoms with Crippen molar-refractivity contribution < 1.29 is 13.7 Å². The number of nitrogens with zero attached hydrogens (tertiary/aromatic N) is 3. The van der Waals surface area contributed by atoms with Crippen LogP contribution in [0.15, 0.2) is 54.8 Å². The summed E-state index contributed by atoms with van der Waals surface area (Å²) in [7, 11) is 0. The van der Waals surface area contributed by atoms with Gasteiger partial charge < -0.3 is 14.3 Å². The van der Waals surface area contributed by atoms with Gasteiger partial charge in [0.1, 0.15) is 16.2 Å². The number of hydrogen-bond acceptors (Lipinski definition) is 8. The summed E-state index contributed by atoms with van der Waals surface area (Å²) in [6, 6.07) is 6.97. The molecule has 4 aromatic rings. The zero-order chi connectivity index (χ0) is 18.8. The number of aromatic nitrogens is 3. The van der Waals surface area contributed by atoms with Gasteiger partial charge in [-0.25, -0.2) is 4.98 Å². The molecule has 0 spiro atoms. The normalized spacial score (nSPS) is 11.1. The first-order valence-corrected chi connectivity index (χ1v) is 9.83. The average Bonchev–Trinajstić information content (AvgIpc) is 3.38. The molecular weight excluding hydrogens is 388 g/mol. The summed E-state index contributed by atoms with van der Waals surface area (Å²) in [5.41, 5.74) is 0.470. The molecule has 0 unspecified atom stereocenters. The molecule has 0 saturated carbocycles. The highest BCUT2D eigenvalue weighted by molar-refractivity contribution is 7.99. The number of hydrogen-bond donors (Lipinski definition) is 1. The number of thioether (sulfide) groups is 1. The number of furan rings is 1. The second-order valence-corrected chi connectivity index (χ2v) is 7.52. The Balaban J connectivity index is 1.57. The van der Waals surface area contributed by atoms with Gasteiger partial charge in [-0.05, 0) is 30.5 Å². The van der Waals surface area contributed by atoms with Crippen LogP contribution < -0.4 is 10.9 Å². The molecule has 0 atom stereocenters. The van der Waals surface area contributed by atoms with Gasteiger partial charge in [0, 0.05) is 6.07 Å². The molecule has 4 aromatic heterocycles. The fourth-order valence-corrected chi connectivity index (χ4v) is 4.04. The molecule has 4 rings (SSSR count). The van der Waals surface area contributed by atoms with Crippen molar-refractivity contribution in [2.75, 3.05) is 11.1 Å². The number of anilines is 1. The molecule has 0 aromatic carbocycles. The van der Waals surface area contributed by atoms with E-state index in [1.54, 1.807) is 37.5 Å². The van der Waals surface area contributed by atoms with E-state index in [0.717, 1.165) is 0 Å². The van der Waals surface area contributed by atoms with Crippen molar-refractivity contribution in [2.45, 2.75) is 18.6 Å². The number of fused-ring (bicyclic) bond motifs is 1. The second kappa shape index (κ2) is 7.41. The predicted molar refractivity (Wildman–Crippen MR) is 102 cm³/mol. The molecule has 4 heterocycles. The zero-order valence-electron chi connectivity index (χ0n) is 14.2. The van der Waals surface area contributed by atoms with Crippen molar-refractivity contribution in [2.24, 2.45) is 0 Å². The number of aryl methyl sites for hydroxylation is 1. The highest BCUT2D eigenvalue weighted by Gasteiger charge is 2.16. The Kier molecular flexibility index (Phi) is 4.82. The van der Waals surface area contributed by atoms with Crippen molar-refractivity contribution in [1.82, 2.24) is 14.7 Å². The maximum absolute atomic E-state index is 12.8. The average molecular weight is 402 g/mol. The molecule has 1 N–H and O–H groups in total. The summed E-state index contributed by atoms with van der Waals surface area (Å²) in [6.45, 7) is 1.99. The van der Waals surface area contributed by atoms with E-state index < -0.39 is 0 Å². The van der Waals surface area contributed by atoms with Crippen LogP contribution in [0.25, 0.3) is 10.2 Å². The standard InChI is InChI=1S/C17H14N4O4S2/c1-10-7-13(20-25-10)19-14(22)9-27-17-18-12-4-6-26-15(12)16(23)21(17)8-11-3-2-5-24-11/h2-7H,8-9H2,1H3,(H,19,20,22). The summed E-state index contributed by atoms with van der Waals surface area (Å²) in [4.78, 5) is 29.5. The minimum absolute atomic E-state index is 0.0755. The molecular formula is C17H14N4O4S2. The Morgan fingerprint density at radius 1 is 1.41 bits per heavy atom. The lowest BCUT2D eigenvalue weighted by Gasteiger charge is -2.10. The molecule has 0 aliphatic rings. The first kappa shape index (κ1) is 17.6. The molecule has 0 aliphatic carbocycles. The Labute approximate surface area is 161 Å². The minimum Gasteiger partial charge on any atom is -0.467 e. The molecule has 138 valence electrons. The van der Waals surface area contributed by atoms with Gasteiger partial charge in [-0.2, -0.15) is 0 Å². The van der Waals surface area contributed by atoms with Crippen molar-refractivity contribution in [3.8, 4) is 0 Å². The lowest BCUT2D eigenvalue weighted by molar-refractivity contribution is -0.113. The quantitative estimate of drug-likeness (QED) is 0.390. The summed E-state index contributed by atoms with van der Waals surface area (Å²) >= 11 is 2.52. The van der Waals surface area contributed by atoms with E-state index in [0.29, 0.717) is 32.7 Å². The van der Waals surface area contributed by atoms with E-state index in [-0.39, 0.29) is 23.8 Å². The molecule has 0 aliphatic heterocycles. The molecule has 0 radical (unpaired) electrons. The number of thiophene rings is 1. The van der Waals surface area contributed by atoms with Crippen molar-refractivity contribution in [3.63, 3.8) is 0 Å². The van der Waals surface area contributed by atoms with Crippen LogP contribution >= 0.6 is 23.1 Å². The van der Waals surface area contributed by atoms with E-state index >= 15 is 0 Å². The first-order chi connectivity index (χ1) is 13.1. The van der Waals surface area contributed by atoms with Gasteiger partial charge in [-0.3, -0.25) is 14.2 Å². The summed E-state index contributed by atoms with van der Waals surface area (Å²) < 4.78 is 12.4. The Morgan fingerprint density at radius 3 is 3.04 bits per heavy atom.